The number of fused-ring (bicyclic) bond motifs is 1. The van der Waals surface area contributed by atoms with E-state index in [-0.39, 0.29) is 30.1 Å². The third kappa shape index (κ3) is 3.62. The lowest BCUT2D eigenvalue weighted by atomic mass is 10.2. The summed E-state index contributed by atoms with van der Waals surface area (Å²) in [5, 5.41) is 2.97. The van der Waals surface area contributed by atoms with Crippen LogP contribution in [0.4, 0.5) is 11.5 Å². The van der Waals surface area contributed by atoms with E-state index in [1.165, 1.54) is 4.31 Å². The minimum absolute atomic E-state index is 0.0491. The number of sulfonamides is 1. The molecule has 1 N–H and O–H groups in total. The summed E-state index contributed by atoms with van der Waals surface area (Å²) < 4.78 is 27.4. The van der Waals surface area contributed by atoms with Crippen molar-refractivity contribution in [3.05, 3.63) is 48.2 Å². The molecule has 1 amide bonds. The number of nitrogens with zero attached hydrogens (tertiary/aromatic N) is 3. The van der Waals surface area contributed by atoms with Gasteiger partial charge < -0.3 is 10.2 Å². The second kappa shape index (κ2) is 7.52. The molecule has 1 saturated carbocycles. The normalized spacial score (nSPS) is 19.4. The number of aromatic nitrogens is 1. The van der Waals surface area contributed by atoms with Crippen LogP contribution in [-0.4, -0.2) is 42.9 Å². The monoisotopic (exact) mass is 400 g/mol. The summed E-state index contributed by atoms with van der Waals surface area (Å²) in [6.07, 6.45) is 5.71. The van der Waals surface area contributed by atoms with Gasteiger partial charge >= 0.3 is 0 Å². The van der Waals surface area contributed by atoms with Crippen molar-refractivity contribution >= 4 is 27.4 Å². The smallest absolute Gasteiger partial charge is 0.248 e. The molecule has 28 heavy (non-hydrogen) atoms. The molecule has 0 spiro atoms. The zero-order chi connectivity index (χ0) is 19.7. The van der Waals surface area contributed by atoms with Crippen LogP contribution in [0.3, 0.4) is 0 Å². The fourth-order valence-corrected chi connectivity index (χ4v) is 5.27. The van der Waals surface area contributed by atoms with Gasteiger partial charge in [-0.25, -0.2) is 13.4 Å². The highest BCUT2D eigenvalue weighted by atomic mass is 32.2. The number of carbonyl (C=O) groups excluding carboxylic acids is 1. The first-order valence-corrected chi connectivity index (χ1v) is 11.0. The first-order valence-electron chi connectivity index (χ1n) is 9.54. The molecule has 1 fully saturated rings. The quantitative estimate of drug-likeness (QED) is 0.853. The summed E-state index contributed by atoms with van der Waals surface area (Å²) in [5.41, 5.74) is 1.95. The first kappa shape index (κ1) is 18.9. The Balaban J connectivity index is 1.64. The minimum Gasteiger partial charge on any atom is -0.352 e. The topological polar surface area (TPSA) is 82.6 Å². The van der Waals surface area contributed by atoms with E-state index in [0.717, 1.165) is 36.9 Å². The van der Waals surface area contributed by atoms with Crippen LogP contribution in [-0.2, 0) is 14.8 Å². The van der Waals surface area contributed by atoms with Crippen molar-refractivity contribution in [2.75, 3.05) is 18.1 Å². The predicted molar refractivity (Wildman–Crippen MR) is 107 cm³/mol. The number of nitrogens with one attached hydrogen (secondary N) is 1. The van der Waals surface area contributed by atoms with Gasteiger partial charge in [-0.3, -0.25) is 4.79 Å². The second-order valence-corrected chi connectivity index (χ2v) is 9.30. The van der Waals surface area contributed by atoms with Crippen LogP contribution in [0.2, 0.25) is 0 Å². The van der Waals surface area contributed by atoms with Crippen LogP contribution in [0.5, 0.6) is 0 Å². The molecule has 1 aliphatic carbocycles. The summed E-state index contributed by atoms with van der Waals surface area (Å²) in [7, 11) is -3.79. The molecule has 0 atom stereocenters. The van der Waals surface area contributed by atoms with Crippen LogP contribution < -0.4 is 10.2 Å². The fourth-order valence-electron chi connectivity index (χ4n) is 3.79. The molecule has 7 nitrogen and oxygen atoms in total. The van der Waals surface area contributed by atoms with Crippen molar-refractivity contribution in [2.24, 2.45) is 0 Å². The molecule has 0 bridgehead atoms. The van der Waals surface area contributed by atoms with Gasteiger partial charge in [0.05, 0.1) is 13.2 Å². The van der Waals surface area contributed by atoms with E-state index < -0.39 is 10.0 Å². The number of rotatable bonds is 4. The van der Waals surface area contributed by atoms with Crippen LogP contribution >= 0.6 is 0 Å². The molecular formula is C20H24N4O3S. The maximum Gasteiger partial charge on any atom is 0.248 e. The molecule has 0 unspecified atom stereocenters. The van der Waals surface area contributed by atoms with Gasteiger partial charge in [-0.15, -0.1) is 0 Å². The molecular weight excluding hydrogens is 376 g/mol. The zero-order valence-corrected chi connectivity index (χ0v) is 16.7. The van der Waals surface area contributed by atoms with Gasteiger partial charge in [-0.2, -0.15) is 4.31 Å². The average Bonchev–Trinajstić information content (AvgIpc) is 3.18. The molecule has 8 heteroatoms. The Morgan fingerprint density at radius 3 is 2.61 bits per heavy atom. The van der Waals surface area contributed by atoms with Gasteiger partial charge in [-0.1, -0.05) is 30.5 Å². The van der Waals surface area contributed by atoms with E-state index in [1.54, 1.807) is 18.3 Å². The van der Waals surface area contributed by atoms with Crippen molar-refractivity contribution < 1.29 is 13.2 Å². The Hall–Kier alpha value is -2.45. The zero-order valence-electron chi connectivity index (χ0n) is 15.8. The highest BCUT2D eigenvalue weighted by Gasteiger charge is 2.38. The van der Waals surface area contributed by atoms with Gasteiger partial charge in [0.1, 0.15) is 4.90 Å². The highest BCUT2D eigenvalue weighted by Crippen LogP contribution is 2.35. The fraction of sp³-hybridized carbons (Fsp3) is 0.400. The van der Waals surface area contributed by atoms with E-state index in [1.807, 2.05) is 36.1 Å². The SMILES string of the molecule is Cc1ccc(N2CN(CC(=O)NC3CCCC3)S(=O)(=O)c3cccnc32)cc1. The molecule has 2 aliphatic rings. The molecule has 4 rings (SSSR count). The number of aryl methyl sites for hydroxylation is 1. The molecule has 148 valence electrons. The third-order valence-electron chi connectivity index (χ3n) is 5.31. The highest BCUT2D eigenvalue weighted by molar-refractivity contribution is 7.89. The van der Waals surface area contributed by atoms with Gasteiger partial charge in [0.25, 0.3) is 0 Å². The number of hydrogen-bond donors (Lipinski definition) is 1. The number of carbonyl (C=O) groups is 1. The maximum absolute atomic E-state index is 13.1. The standard InChI is InChI=1S/C20H24N4O3S/c1-15-8-10-17(11-9-15)24-14-23(13-19(25)22-16-5-2-3-6-16)28(26,27)18-7-4-12-21-20(18)24/h4,7-12,16H,2-3,5-6,13-14H2,1H3,(H,22,25). The summed E-state index contributed by atoms with van der Waals surface area (Å²) in [6.45, 7) is 1.85. The molecule has 1 aromatic heterocycles. The number of amides is 1. The summed E-state index contributed by atoms with van der Waals surface area (Å²) >= 11 is 0. The van der Waals surface area contributed by atoms with E-state index in [9.17, 15) is 13.2 Å². The van der Waals surface area contributed by atoms with Crippen molar-refractivity contribution in [3.8, 4) is 0 Å². The van der Waals surface area contributed by atoms with Crippen LogP contribution in [0.25, 0.3) is 0 Å². The Kier molecular flexibility index (Phi) is 5.07. The van der Waals surface area contributed by atoms with Crippen molar-refractivity contribution in [1.29, 1.82) is 0 Å². The van der Waals surface area contributed by atoms with Gasteiger partial charge in [0.15, 0.2) is 5.82 Å². The molecule has 1 aromatic carbocycles. The second-order valence-electron chi connectivity index (χ2n) is 7.39. The van der Waals surface area contributed by atoms with Gasteiger partial charge in [-0.05, 0) is 44.0 Å². The summed E-state index contributed by atoms with van der Waals surface area (Å²) in [5.74, 6) is 0.130. The number of benzene rings is 1. The van der Waals surface area contributed by atoms with Crippen LogP contribution in [0.1, 0.15) is 31.2 Å². The van der Waals surface area contributed by atoms with Crippen molar-refractivity contribution in [3.63, 3.8) is 0 Å². The van der Waals surface area contributed by atoms with E-state index in [2.05, 4.69) is 10.3 Å². The van der Waals surface area contributed by atoms with Crippen molar-refractivity contribution in [2.45, 2.75) is 43.5 Å². The van der Waals surface area contributed by atoms with Gasteiger partial charge in [0, 0.05) is 17.9 Å². The minimum atomic E-state index is -3.79. The largest absolute Gasteiger partial charge is 0.352 e. The Morgan fingerprint density at radius 2 is 1.89 bits per heavy atom. The van der Waals surface area contributed by atoms with Crippen LogP contribution in [0.15, 0.2) is 47.5 Å². The van der Waals surface area contributed by atoms with Gasteiger partial charge in [0.2, 0.25) is 15.9 Å². The Bertz CT molecular complexity index is 969. The lowest BCUT2D eigenvalue weighted by Gasteiger charge is -2.36. The molecule has 1 aliphatic heterocycles. The summed E-state index contributed by atoms with van der Waals surface area (Å²) in [4.78, 5) is 18.8. The average molecular weight is 401 g/mol. The van der Waals surface area contributed by atoms with Crippen LogP contribution in [0, 0.1) is 6.92 Å². The third-order valence-corrected chi connectivity index (χ3v) is 7.11. The molecule has 0 saturated heterocycles. The lowest BCUT2D eigenvalue weighted by Crippen LogP contribution is -2.50. The number of hydrogen-bond acceptors (Lipinski definition) is 5. The first-order chi connectivity index (χ1) is 13.4. The predicted octanol–water partition coefficient (Wildman–Crippen LogP) is 2.55. The lowest BCUT2D eigenvalue weighted by molar-refractivity contribution is -0.122. The Labute approximate surface area is 165 Å². The summed E-state index contributed by atoms with van der Waals surface area (Å²) in [6, 6.07) is 11.1. The van der Waals surface area contributed by atoms with E-state index in [4.69, 9.17) is 0 Å². The molecule has 2 aromatic rings. The molecule has 0 radical (unpaired) electrons. The van der Waals surface area contributed by atoms with Crippen molar-refractivity contribution in [1.82, 2.24) is 14.6 Å². The Morgan fingerprint density at radius 1 is 1.18 bits per heavy atom. The maximum atomic E-state index is 13.1. The van der Waals surface area contributed by atoms with E-state index >= 15 is 0 Å². The van der Waals surface area contributed by atoms with E-state index in [0.29, 0.717) is 5.82 Å². The number of pyridine rings is 1. The molecule has 2 heterocycles. The number of anilines is 2.